The maximum absolute atomic E-state index is 13.0. The van der Waals surface area contributed by atoms with Gasteiger partial charge in [0.1, 0.15) is 5.82 Å². The standard InChI is InChI=1S/C18H26N4O2/c1-20-7-9-21(10-8-20)17-13-14(5-6-19-17)18(23)22-11-12-24-16-4-2-3-15(16)22/h5-6,13,15-16H,2-4,7-12H2,1H3. The van der Waals surface area contributed by atoms with E-state index in [9.17, 15) is 4.79 Å². The zero-order valence-electron chi connectivity index (χ0n) is 14.4. The molecule has 0 spiro atoms. The first kappa shape index (κ1) is 15.8. The van der Waals surface area contributed by atoms with Gasteiger partial charge in [0.25, 0.3) is 5.91 Å². The fraction of sp³-hybridized carbons (Fsp3) is 0.667. The highest BCUT2D eigenvalue weighted by Crippen LogP contribution is 2.31. The molecule has 0 N–H and O–H groups in total. The Morgan fingerprint density at radius 1 is 1.21 bits per heavy atom. The van der Waals surface area contributed by atoms with Crippen LogP contribution in [0.3, 0.4) is 0 Å². The summed E-state index contributed by atoms with van der Waals surface area (Å²) in [4.78, 5) is 24.2. The number of fused-ring (bicyclic) bond motifs is 1. The van der Waals surface area contributed by atoms with Crippen molar-refractivity contribution in [3.63, 3.8) is 0 Å². The second-order valence-electron chi connectivity index (χ2n) is 7.10. The lowest BCUT2D eigenvalue weighted by molar-refractivity contribution is -0.0445. The molecular formula is C18H26N4O2. The van der Waals surface area contributed by atoms with Crippen molar-refractivity contribution in [1.82, 2.24) is 14.8 Å². The van der Waals surface area contributed by atoms with Gasteiger partial charge in [-0.1, -0.05) is 0 Å². The van der Waals surface area contributed by atoms with Crippen LogP contribution in [0.1, 0.15) is 29.6 Å². The van der Waals surface area contributed by atoms with Crippen LogP contribution >= 0.6 is 0 Å². The molecule has 1 aromatic rings. The number of pyridine rings is 1. The first-order chi connectivity index (χ1) is 11.7. The molecular weight excluding hydrogens is 304 g/mol. The molecule has 3 aliphatic rings. The highest BCUT2D eigenvalue weighted by atomic mass is 16.5. The number of hydrogen-bond donors (Lipinski definition) is 0. The molecule has 130 valence electrons. The lowest BCUT2D eigenvalue weighted by Crippen LogP contribution is -2.51. The minimum atomic E-state index is 0.132. The number of carbonyl (C=O) groups is 1. The molecule has 6 nitrogen and oxygen atoms in total. The van der Waals surface area contributed by atoms with Crippen LogP contribution in [0, 0.1) is 0 Å². The van der Waals surface area contributed by atoms with Crippen molar-refractivity contribution in [2.45, 2.75) is 31.4 Å². The number of likely N-dealkylation sites (N-methyl/N-ethyl adjacent to an activating group) is 1. The maximum Gasteiger partial charge on any atom is 0.254 e. The zero-order valence-corrected chi connectivity index (χ0v) is 14.4. The van der Waals surface area contributed by atoms with Crippen LogP contribution in [0.15, 0.2) is 18.3 Å². The van der Waals surface area contributed by atoms with Gasteiger partial charge < -0.3 is 19.4 Å². The molecule has 1 saturated carbocycles. The number of carbonyl (C=O) groups excluding carboxylic acids is 1. The van der Waals surface area contributed by atoms with Crippen molar-refractivity contribution in [2.75, 3.05) is 51.3 Å². The number of amides is 1. The molecule has 0 aromatic carbocycles. The molecule has 0 bridgehead atoms. The topological polar surface area (TPSA) is 48.9 Å². The Morgan fingerprint density at radius 3 is 2.88 bits per heavy atom. The summed E-state index contributed by atoms with van der Waals surface area (Å²) in [7, 11) is 2.14. The molecule has 6 heteroatoms. The summed E-state index contributed by atoms with van der Waals surface area (Å²) in [5.41, 5.74) is 0.756. The van der Waals surface area contributed by atoms with Gasteiger partial charge in [0.05, 0.1) is 18.8 Å². The molecule has 3 fully saturated rings. The van der Waals surface area contributed by atoms with Gasteiger partial charge in [0, 0.05) is 44.5 Å². The number of nitrogens with zero attached hydrogens (tertiary/aromatic N) is 4. The predicted octanol–water partition coefficient (Wildman–Crippen LogP) is 1.23. The third kappa shape index (κ3) is 3.00. The van der Waals surface area contributed by atoms with E-state index >= 15 is 0 Å². The van der Waals surface area contributed by atoms with E-state index in [1.807, 2.05) is 17.0 Å². The van der Waals surface area contributed by atoms with E-state index in [1.54, 1.807) is 6.20 Å². The number of morpholine rings is 1. The first-order valence-corrected chi connectivity index (χ1v) is 9.04. The van der Waals surface area contributed by atoms with E-state index in [2.05, 4.69) is 21.8 Å². The molecule has 2 unspecified atom stereocenters. The lowest BCUT2D eigenvalue weighted by atomic mass is 10.1. The number of piperazine rings is 1. The summed E-state index contributed by atoms with van der Waals surface area (Å²) in [5.74, 6) is 1.05. The molecule has 24 heavy (non-hydrogen) atoms. The van der Waals surface area contributed by atoms with Crippen molar-refractivity contribution in [3.8, 4) is 0 Å². The molecule has 2 aliphatic heterocycles. The van der Waals surface area contributed by atoms with Crippen molar-refractivity contribution in [1.29, 1.82) is 0 Å². The monoisotopic (exact) mass is 330 g/mol. The Labute approximate surface area is 143 Å². The Kier molecular flexibility index (Phi) is 4.41. The molecule has 1 aliphatic carbocycles. The first-order valence-electron chi connectivity index (χ1n) is 9.04. The minimum absolute atomic E-state index is 0.132. The summed E-state index contributed by atoms with van der Waals surface area (Å²) in [6.07, 6.45) is 5.31. The average Bonchev–Trinajstić information content (AvgIpc) is 3.10. The van der Waals surface area contributed by atoms with Gasteiger partial charge in [-0.15, -0.1) is 0 Å². The number of rotatable bonds is 2. The summed E-state index contributed by atoms with van der Waals surface area (Å²) in [5, 5.41) is 0. The van der Waals surface area contributed by atoms with E-state index in [0.29, 0.717) is 13.2 Å². The van der Waals surface area contributed by atoms with Gasteiger partial charge in [-0.25, -0.2) is 4.98 Å². The van der Waals surface area contributed by atoms with Crippen molar-refractivity contribution < 1.29 is 9.53 Å². The van der Waals surface area contributed by atoms with E-state index in [4.69, 9.17) is 4.74 Å². The molecule has 2 saturated heterocycles. The number of ether oxygens (including phenoxy) is 1. The van der Waals surface area contributed by atoms with Crippen molar-refractivity contribution in [2.24, 2.45) is 0 Å². The van der Waals surface area contributed by atoms with E-state index < -0.39 is 0 Å². The Morgan fingerprint density at radius 2 is 2.04 bits per heavy atom. The molecule has 1 aromatic heterocycles. The van der Waals surface area contributed by atoms with Crippen molar-refractivity contribution in [3.05, 3.63) is 23.9 Å². The van der Waals surface area contributed by atoms with Crippen LogP contribution in [0.25, 0.3) is 0 Å². The zero-order chi connectivity index (χ0) is 16.5. The normalized spacial score (nSPS) is 28.0. The van der Waals surface area contributed by atoms with Crippen molar-refractivity contribution >= 4 is 11.7 Å². The fourth-order valence-corrected chi connectivity index (χ4v) is 4.10. The van der Waals surface area contributed by atoms with Crippen LogP contribution in [0.2, 0.25) is 0 Å². The van der Waals surface area contributed by atoms with Gasteiger partial charge in [0.15, 0.2) is 0 Å². The van der Waals surface area contributed by atoms with Crippen LogP contribution in [0.4, 0.5) is 5.82 Å². The predicted molar refractivity (Wildman–Crippen MR) is 92.4 cm³/mol. The van der Waals surface area contributed by atoms with Crippen LogP contribution in [-0.2, 0) is 4.74 Å². The third-order valence-electron chi connectivity index (χ3n) is 5.56. The van der Waals surface area contributed by atoms with Gasteiger partial charge in [0.2, 0.25) is 0 Å². The van der Waals surface area contributed by atoms with E-state index in [-0.39, 0.29) is 18.1 Å². The molecule has 1 amide bonds. The molecule has 3 heterocycles. The molecule has 4 rings (SSSR count). The van der Waals surface area contributed by atoms with E-state index in [1.165, 1.54) is 0 Å². The number of hydrogen-bond acceptors (Lipinski definition) is 5. The van der Waals surface area contributed by atoms with E-state index in [0.717, 1.165) is 56.8 Å². The highest BCUT2D eigenvalue weighted by molar-refractivity contribution is 5.95. The SMILES string of the molecule is CN1CCN(c2cc(C(=O)N3CCOC4CCCC43)ccn2)CC1. The Hall–Kier alpha value is -1.66. The van der Waals surface area contributed by atoms with Crippen LogP contribution < -0.4 is 4.90 Å². The quantitative estimate of drug-likeness (QED) is 0.816. The second-order valence-corrected chi connectivity index (χ2v) is 7.10. The highest BCUT2D eigenvalue weighted by Gasteiger charge is 2.38. The molecule has 2 atom stereocenters. The van der Waals surface area contributed by atoms with Gasteiger partial charge in [-0.05, 0) is 38.4 Å². The summed E-state index contributed by atoms with van der Waals surface area (Å²) in [6, 6.07) is 4.07. The number of anilines is 1. The van der Waals surface area contributed by atoms with Gasteiger partial charge in [-0.2, -0.15) is 0 Å². The maximum atomic E-state index is 13.0. The summed E-state index contributed by atoms with van der Waals surface area (Å²) in [6.45, 7) is 5.35. The van der Waals surface area contributed by atoms with Crippen LogP contribution in [0.5, 0.6) is 0 Å². The van der Waals surface area contributed by atoms with Gasteiger partial charge in [-0.3, -0.25) is 4.79 Å². The lowest BCUT2D eigenvalue weighted by Gasteiger charge is -2.38. The Balaban J connectivity index is 1.51. The second kappa shape index (κ2) is 6.69. The largest absolute Gasteiger partial charge is 0.374 e. The van der Waals surface area contributed by atoms with Gasteiger partial charge >= 0.3 is 0 Å². The number of aromatic nitrogens is 1. The minimum Gasteiger partial charge on any atom is -0.374 e. The van der Waals surface area contributed by atoms with Crippen LogP contribution in [-0.4, -0.2) is 79.2 Å². The Bertz CT molecular complexity index is 600. The fourth-order valence-electron chi connectivity index (χ4n) is 4.10. The average molecular weight is 330 g/mol. The summed E-state index contributed by atoms with van der Waals surface area (Å²) >= 11 is 0. The molecule has 0 radical (unpaired) electrons. The summed E-state index contributed by atoms with van der Waals surface area (Å²) < 4.78 is 5.83. The third-order valence-corrected chi connectivity index (χ3v) is 5.56. The smallest absolute Gasteiger partial charge is 0.254 e.